The van der Waals surface area contributed by atoms with Crippen molar-refractivity contribution in [3.63, 3.8) is 0 Å². The number of carbonyl (C=O) groups excluding carboxylic acids is 1. The van der Waals surface area contributed by atoms with E-state index in [-0.39, 0.29) is 18.3 Å². The minimum absolute atomic E-state index is 0. The van der Waals surface area contributed by atoms with Crippen molar-refractivity contribution in [2.75, 3.05) is 19.6 Å². The molecule has 1 amide bonds. The first-order valence-electron chi connectivity index (χ1n) is 7.32. The van der Waals surface area contributed by atoms with Gasteiger partial charge >= 0.3 is 0 Å². The highest BCUT2D eigenvalue weighted by Gasteiger charge is 2.35. The number of rotatable bonds is 1. The molecule has 112 valence electrons. The molecular weight excluding hydrogens is 288 g/mol. The van der Waals surface area contributed by atoms with Gasteiger partial charge in [-0.2, -0.15) is 0 Å². The first kappa shape index (κ1) is 14.4. The van der Waals surface area contributed by atoms with Crippen LogP contribution in [0.4, 0.5) is 0 Å². The molecule has 2 aliphatic rings. The molecule has 5 heteroatoms. The average molecular weight is 307 g/mol. The molecule has 4 rings (SSSR count). The van der Waals surface area contributed by atoms with Gasteiger partial charge in [-0.3, -0.25) is 4.79 Å². The summed E-state index contributed by atoms with van der Waals surface area (Å²) in [5, 5.41) is 4.51. The van der Waals surface area contributed by atoms with Crippen molar-refractivity contribution in [2.45, 2.75) is 18.9 Å². The fraction of sp³-hybridized carbons (Fsp3) is 0.438. The number of fused-ring (bicyclic) bond motifs is 2. The van der Waals surface area contributed by atoms with Crippen LogP contribution in [0.15, 0.2) is 34.7 Å². The molecule has 0 bridgehead atoms. The summed E-state index contributed by atoms with van der Waals surface area (Å²) in [6.45, 7) is 2.76. The summed E-state index contributed by atoms with van der Waals surface area (Å²) in [7, 11) is 0. The first-order chi connectivity index (χ1) is 9.81. The van der Waals surface area contributed by atoms with Crippen molar-refractivity contribution in [2.24, 2.45) is 5.92 Å². The number of likely N-dealkylation sites (tertiary alicyclic amines) is 1. The van der Waals surface area contributed by atoms with E-state index < -0.39 is 0 Å². The Morgan fingerprint density at radius 2 is 2.14 bits per heavy atom. The molecule has 2 aliphatic heterocycles. The molecular formula is C16H19ClN2O2. The van der Waals surface area contributed by atoms with Crippen LogP contribution in [0.25, 0.3) is 11.0 Å². The van der Waals surface area contributed by atoms with Gasteiger partial charge in [-0.05, 0) is 37.4 Å². The van der Waals surface area contributed by atoms with Crippen molar-refractivity contribution < 1.29 is 9.21 Å². The molecule has 1 aromatic heterocycles. The van der Waals surface area contributed by atoms with E-state index >= 15 is 0 Å². The minimum Gasteiger partial charge on any atom is -0.451 e. The fourth-order valence-electron chi connectivity index (χ4n) is 3.48. The Morgan fingerprint density at radius 3 is 3.00 bits per heavy atom. The zero-order chi connectivity index (χ0) is 13.5. The summed E-state index contributed by atoms with van der Waals surface area (Å²) in [5.74, 6) is 1.11. The summed E-state index contributed by atoms with van der Waals surface area (Å²) in [6, 6.07) is 10.2. The average Bonchev–Trinajstić information content (AvgIpc) is 3.11. The molecule has 2 saturated heterocycles. The third-order valence-electron chi connectivity index (χ3n) is 4.58. The van der Waals surface area contributed by atoms with Crippen LogP contribution in [0.5, 0.6) is 0 Å². The predicted molar refractivity (Wildman–Crippen MR) is 83.9 cm³/mol. The van der Waals surface area contributed by atoms with Gasteiger partial charge in [0.1, 0.15) is 5.58 Å². The second-order valence-electron chi connectivity index (χ2n) is 5.80. The van der Waals surface area contributed by atoms with Crippen LogP contribution < -0.4 is 5.32 Å². The van der Waals surface area contributed by atoms with Crippen molar-refractivity contribution >= 4 is 29.3 Å². The molecule has 2 fully saturated rings. The third-order valence-corrected chi connectivity index (χ3v) is 4.58. The second kappa shape index (κ2) is 5.70. The maximum atomic E-state index is 12.6. The molecule has 0 spiro atoms. The number of benzene rings is 1. The monoisotopic (exact) mass is 306 g/mol. The van der Waals surface area contributed by atoms with Crippen molar-refractivity contribution in [3.8, 4) is 0 Å². The zero-order valence-corrected chi connectivity index (χ0v) is 12.6. The van der Waals surface area contributed by atoms with Crippen LogP contribution in [0.2, 0.25) is 0 Å². The summed E-state index contributed by atoms with van der Waals surface area (Å²) >= 11 is 0. The lowest BCUT2D eigenvalue weighted by Gasteiger charge is -2.34. The van der Waals surface area contributed by atoms with E-state index in [9.17, 15) is 4.79 Å². The largest absolute Gasteiger partial charge is 0.451 e. The van der Waals surface area contributed by atoms with E-state index in [4.69, 9.17) is 4.42 Å². The van der Waals surface area contributed by atoms with E-state index in [0.29, 0.717) is 17.7 Å². The van der Waals surface area contributed by atoms with Crippen molar-refractivity contribution in [1.82, 2.24) is 10.2 Å². The van der Waals surface area contributed by atoms with Crippen molar-refractivity contribution in [3.05, 3.63) is 36.1 Å². The molecule has 2 aromatic rings. The predicted octanol–water partition coefficient (Wildman–Crippen LogP) is 2.68. The van der Waals surface area contributed by atoms with Gasteiger partial charge in [-0.1, -0.05) is 18.2 Å². The van der Waals surface area contributed by atoms with E-state index in [1.165, 1.54) is 6.42 Å². The molecule has 0 aliphatic carbocycles. The van der Waals surface area contributed by atoms with Gasteiger partial charge in [0.25, 0.3) is 5.91 Å². The van der Waals surface area contributed by atoms with Gasteiger partial charge in [0.15, 0.2) is 5.76 Å². The third kappa shape index (κ3) is 2.54. The number of carbonyl (C=O) groups is 1. The Bertz CT molecular complexity index is 622. The molecule has 4 nitrogen and oxygen atoms in total. The minimum atomic E-state index is 0. The Morgan fingerprint density at radius 1 is 1.29 bits per heavy atom. The number of furan rings is 1. The van der Waals surface area contributed by atoms with Crippen LogP contribution in [-0.2, 0) is 0 Å². The van der Waals surface area contributed by atoms with Crippen LogP contribution in [0.3, 0.4) is 0 Å². The number of nitrogens with zero attached hydrogens (tertiary/aromatic N) is 1. The lowest BCUT2D eigenvalue weighted by atomic mass is 9.93. The summed E-state index contributed by atoms with van der Waals surface area (Å²) < 4.78 is 5.69. The standard InChI is InChI=1S/C16H18N2O2.ClH/c19-16(15-9-11-3-1-2-4-14(11)20-15)18-8-6-13-12(10-18)5-7-17-13;/h1-4,9,12-13,17H,5-8,10H2;1H. The maximum Gasteiger partial charge on any atom is 0.289 e. The number of nitrogens with one attached hydrogen (secondary N) is 1. The number of halogens is 1. The number of para-hydroxylation sites is 1. The summed E-state index contributed by atoms with van der Waals surface area (Å²) in [6.07, 6.45) is 2.23. The van der Waals surface area contributed by atoms with Crippen LogP contribution in [0, 0.1) is 5.92 Å². The maximum absolute atomic E-state index is 12.6. The topological polar surface area (TPSA) is 45.5 Å². The smallest absolute Gasteiger partial charge is 0.289 e. The van der Waals surface area contributed by atoms with Crippen LogP contribution in [-0.4, -0.2) is 36.5 Å². The fourth-order valence-corrected chi connectivity index (χ4v) is 3.48. The number of hydrogen-bond acceptors (Lipinski definition) is 3. The van der Waals surface area contributed by atoms with E-state index in [1.54, 1.807) is 0 Å². The lowest BCUT2D eigenvalue weighted by Crippen LogP contribution is -2.46. The van der Waals surface area contributed by atoms with Crippen LogP contribution in [0.1, 0.15) is 23.4 Å². The molecule has 0 saturated carbocycles. The van der Waals surface area contributed by atoms with Gasteiger partial charge in [0, 0.05) is 24.5 Å². The van der Waals surface area contributed by atoms with Gasteiger partial charge in [0.05, 0.1) is 0 Å². The zero-order valence-electron chi connectivity index (χ0n) is 11.7. The number of piperidine rings is 1. The van der Waals surface area contributed by atoms with Gasteiger partial charge in [-0.25, -0.2) is 0 Å². The highest BCUT2D eigenvalue weighted by molar-refractivity contribution is 5.96. The first-order valence-corrected chi connectivity index (χ1v) is 7.32. The molecule has 2 unspecified atom stereocenters. The normalized spacial score (nSPS) is 24.7. The lowest BCUT2D eigenvalue weighted by molar-refractivity contribution is 0.0632. The summed E-state index contributed by atoms with van der Waals surface area (Å²) in [5.41, 5.74) is 0.785. The van der Waals surface area contributed by atoms with Gasteiger partial charge < -0.3 is 14.6 Å². The number of hydrogen-bond donors (Lipinski definition) is 1. The van der Waals surface area contributed by atoms with E-state index in [1.807, 2.05) is 35.2 Å². The van der Waals surface area contributed by atoms with Gasteiger partial charge in [0.2, 0.25) is 0 Å². The Hall–Kier alpha value is -1.52. The van der Waals surface area contributed by atoms with Crippen LogP contribution >= 0.6 is 12.4 Å². The second-order valence-corrected chi connectivity index (χ2v) is 5.80. The molecule has 1 N–H and O–H groups in total. The highest BCUT2D eigenvalue weighted by atomic mass is 35.5. The quantitative estimate of drug-likeness (QED) is 0.881. The van der Waals surface area contributed by atoms with E-state index in [0.717, 1.165) is 37.0 Å². The molecule has 0 radical (unpaired) electrons. The number of amides is 1. The summed E-state index contributed by atoms with van der Waals surface area (Å²) in [4.78, 5) is 14.5. The Labute approximate surface area is 129 Å². The molecule has 21 heavy (non-hydrogen) atoms. The molecule has 3 heterocycles. The Kier molecular flexibility index (Phi) is 3.91. The SMILES string of the molecule is Cl.O=C(c1cc2ccccc2o1)N1CCC2NCCC2C1. The molecule has 1 aromatic carbocycles. The van der Waals surface area contributed by atoms with Gasteiger partial charge in [-0.15, -0.1) is 12.4 Å². The van der Waals surface area contributed by atoms with E-state index in [2.05, 4.69) is 5.32 Å². The highest BCUT2D eigenvalue weighted by Crippen LogP contribution is 2.27. The Balaban J connectivity index is 0.00000132. The van der Waals surface area contributed by atoms with Crippen molar-refractivity contribution in [1.29, 1.82) is 0 Å². The molecule has 2 atom stereocenters.